The minimum absolute atomic E-state index is 0.216. The summed E-state index contributed by atoms with van der Waals surface area (Å²) in [5, 5.41) is 0. The molecule has 0 aliphatic heterocycles. The molecular formula is C21H20FN5O3. The predicted octanol–water partition coefficient (Wildman–Crippen LogP) is 1.97. The van der Waals surface area contributed by atoms with Crippen molar-refractivity contribution in [3.63, 3.8) is 0 Å². The summed E-state index contributed by atoms with van der Waals surface area (Å²) in [5.41, 5.74) is 1.16. The van der Waals surface area contributed by atoms with E-state index in [0.717, 1.165) is 28.1 Å². The Morgan fingerprint density at radius 2 is 1.80 bits per heavy atom. The minimum Gasteiger partial charge on any atom is -0.310 e. The van der Waals surface area contributed by atoms with E-state index in [1.54, 1.807) is 10.5 Å². The smallest absolute Gasteiger partial charge is 0.310 e. The van der Waals surface area contributed by atoms with Crippen LogP contribution < -0.4 is 11.2 Å². The molecule has 0 atom stereocenters. The van der Waals surface area contributed by atoms with Gasteiger partial charge in [0.25, 0.3) is 5.56 Å². The van der Waals surface area contributed by atoms with E-state index in [4.69, 9.17) is 0 Å². The van der Waals surface area contributed by atoms with E-state index < -0.39 is 29.4 Å². The van der Waals surface area contributed by atoms with Gasteiger partial charge >= 0.3 is 5.69 Å². The van der Waals surface area contributed by atoms with Crippen molar-refractivity contribution in [2.75, 3.05) is 0 Å². The third-order valence-electron chi connectivity index (χ3n) is 5.41. The first-order valence-electron chi connectivity index (χ1n) is 9.33. The fraction of sp³-hybridized carbons (Fsp3) is 0.238. The number of hydrogen-bond acceptors (Lipinski definition) is 4. The molecule has 0 N–H and O–H groups in total. The molecule has 0 radical (unpaired) electrons. The molecule has 9 heteroatoms. The van der Waals surface area contributed by atoms with Crippen LogP contribution in [0.25, 0.3) is 16.9 Å². The van der Waals surface area contributed by atoms with E-state index in [0.29, 0.717) is 12.3 Å². The number of halogens is 1. The normalized spacial score (nSPS) is 11.5. The van der Waals surface area contributed by atoms with E-state index in [-0.39, 0.29) is 16.7 Å². The van der Waals surface area contributed by atoms with Crippen LogP contribution in [0.5, 0.6) is 0 Å². The van der Waals surface area contributed by atoms with Crippen molar-refractivity contribution in [1.29, 1.82) is 0 Å². The number of aryl methyl sites for hydroxylation is 2. The zero-order chi connectivity index (χ0) is 21.7. The summed E-state index contributed by atoms with van der Waals surface area (Å²) in [6.45, 7) is 7.58. The highest BCUT2D eigenvalue weighted by Gasteiger charge is 2.23. The Balaban J connectivity index is 1.97. The van der Waals surface area contributed by atoms with Gasteiger partial charge in [0.15, 0.2) is 16.9 Å². The fourth-order valence-electron chi connectivity index (χ4n) is 3.67. The van der Waals surface area contributed by atoms with Crippen LogP contribution in [-0.2, 0) is 20.1 Å². The summed E-state index contributed by atoms with van der Waals surface area (Å²) in [5.74, 6) is -0.418. The van der Waals surface area contributed by atoms with E-state index in [9.17, 15) is 18.8 Å². The zero-order valence-corrected chi connectivity index (χ0v) is 16.8. The minimum atomic E-state index is -0.645. The number of nitrogens with zero attached hydrogens (tertiary/aromatic N) is 5. The number of carbonyl (C=O) groups is 1. The summed E-state index contributed by atoms with van der Waals surface area (Å²) in [6, 6.07) is 4.97. The number of fused-ring (bicyclic) bond motifs is 3. The molecule has 8 nitrogen and oxygen atoms in total. The van der Waals surface area contributed by atoms with Crippen molar-refractivity contribution in [3.8, 4) is 0 Å². The van der Waals surface area contributed by atoms with Gasteiger partial charge in [-0.25, -0.2) is 9.18 Å². The lowest BCUT2D eigenvalue weighted by Crippen LogP contribution is -2.41. The number of hydrogen-bond donors (Lipinski definition) is 0. The largest absolute Gasteiger partial charge is 0.332 e. The summed E-state index contributed by atoms with van der Waals surface area (Å²) in [7, 11) is 1.51. The topological polar surface area (TPSA) is 83.3 Å². The van der Waals surface area contributed by atoms with Gasteiger partial charge in [-0.3, -0.25) is 23.1 Å². The second-order valence-corrected chi connectivity index (χ2v) is 7.15. The number of Topliss-reactive ketones (excluding diaryl/α,β-unsaturated/α-hetero) is 1. The van der Waals surface area contributed by atoms with Crippen molar-refractivity contribution in [1.82, 2.24) is 23.1 Å². The molecule has 3 heterocycles. The maximum Gasteiger partial charge on any atom is 0.332 e. The Labute approximate surface area is 170 Å². The first kappa shape index (κ1) is 19.6. The van der Waals surface area contributed by atoms with Gasteiger partial charge in [0.1, 0.15) is 5.82 Å². The molecule has 1 aromatic carbocycles. The molecule has 3 aromatic heterocycles. The molecule has 0 aliphatic carbocycles. The van der Waals surface area contributed by atoms with E-state index in [2.05, 4.69) is 11.6 Å². The number of carbonyl (C=O) groups excluding carboxylic acids is 1. The third kappa shape index (κ3) is 2.73. The van der Waals surface area contributed by atoms with Crippen molar-refractivity contribution in [2.45, 2.75) is 26.9 Å². The molecule has 0 amide bonds. The van der Waals surface area contributed by atoms with E-state index >= 15 is 0 Å². The summed E-state index contributed by atoms with van der Waals surface area (Å²) in [4.78, 5) is 43.2. The average Bonchev–Trinajstić information content (AvgIpc) is 3.22. The average molecular weight is 409 g/mol. The Hall–Kier alpha value is -3.75. The van der Waals surface area contributed by atoms with Crippen LogP contribution in [-0.4, -0.2) is 28.9 Å². The predicted molar refractivity (Wildman–Crippen MR) is 111 cm³/mol. The van der Waals surface area contributed by atoms with Gasteiger partial charge in [-0.15, -0.1) is 6.58 Å². The number of rotatable bonds is 5. The number of imidazole rings is 2. The highest BCUT2D eigenvalue weighted by Crippen LogP contribution is 2.20. The fourth-order valence-corrected chi connectivity index (χ4v) is 3.67. The second kappa shape index (κ2) is 6.94. The molecule has 0 aliphatic rings. The number of aromatic nitrogens is 5. The quantitative estimate of drug-likeness (QED) is 0.373. The molecule has 4 rings (SSSR count). The van der Waals surface area contributed by atoms with Gasteiger partial charge in [-0.05, 0) is 38.1 Å². The van der Waals surface area contributed by atoms with Gasteiger partial charge < -0.3 is 4.57 Å². The van der Waals surface area contributed by atoms with Gasteiger partial charge in [-0.1, -0.05) is 6.08 Å². The SMILES string of the molecule is C=CCn1c(C)c(C)n2c3c(=O)n(CC(=O)c4ccc(F)cc4)c(=O)n(C)c3nc12. The Bertz CT molecular complexity index is 1450. The molecule has 0 bridgehead atoms. The van der Waals surface area contributed by atoms with Gasteiger partial charge in [0.05, 0.1) is 6.54 Å². The Morgan fingerprint density at radius 3 is 2.43 bits per heavy atom. The Morgan fingerprint density at radius 1 is 1.13 bits per heavy atom. The lowest BCUT2D eigenvalue weighted by molar-refractivity contribution is 0.0969. The van der Waals surface area contributed by atoms with Crippen LogP contribution in [0.1, 0.15) is 21.7 Å². The van der Waals surface area contributed by atoms with Crippen LogP contribution in [0.15, 0.2) is 46.5 Å². The number of allylic oxidation sites excluding steroid dienone is 1. The second-order valence-electron chi connectivity index (χ2n) is 7.15. The van der Waals surface area contributed by atoms with Crippen LogP contribution in [0.2, 0.25) is 0 Å². The van der Waals surface area contributed by atoms with Crippen LogP contribution in [0, 0.1) is 19.7 Å². The number of benzene rings is 1. The highest BCUT2D eigenvalue weighted by molar-refractivity contribution is 5.96. The summed E-state index contributed by atoms with van der Waals surface area (Å²) >= 11 is 0. The summed E-state index contributed by atoms with van der Waals surface area (Å²) < 4.78 is 18.9. The van der Waals surface area contributed by atoms with Crippen LogP contribution in [0.4, 0.5) is 4.39 Å². The molecule has 0 saturated heterocycles. The molecule has 30 heavy (non-hydrogen) atoms. The van der Waals surface area contributed by atoms with Crippen LogP contribution in [0.3, 0.4) is 0 Å². The molecule has 0 spiro atoms. The molecule has 154 valence electrons. The van der Waals surface area contributed by atoms with Crippen molar-refractivity contribution >= 4 is 22.7 Å². The molecule has 0 fully saturated rings. The molecule has 4 aromatic rings. The maximum absolute atomic E-state index is 13.3. The van der Waals surface area contributed by atoms with Crippen molar-refractivity contribution < 1.29 is 9.18 Å². The first-order valence-corrected chi connectivity index (χ1v) is 9.33. The van der Waals surface area contributed by atoms with E-state index in [1.807, 2.05) is 18.4 Å². The number of ketones is 1. The lowest BCUT2D eigenvalue weighted by atomic mass is 10.1. The third-order valence-corrected chi connectivity index (χ3v) is 5.41. The van der Waals surface area contributed by atoms with Gasteiger partial charge in [-0.2, -0.15) is 4.98 Å². The van der Waals surface area contributed by atoms with Crippen molar-refractivity contribution in [3.05, 3.63) is 80.5 Å². The monoisotopic (exact) mass is 409 g/mol. The zero-order valence-electron chi connectivity index (χ0n) is 16.8. The van der Waals surface area contributed by atoms with Crippen LogP contribution >= 0.6 is 0 Å². The van der Waals surface area contributed by atoms with E-state index in [1.165, 1.54) is 23.7 Å². The lowest BCUT2D eigenvalue weighted by Gasteiger charge is -2.08. The highest BCUT2D eigenvalue weighted by atomic mass is 19.1. The van der Waals surface area contributed by atoms with Gasteiger partial charge in [0.2, 0.25) is 5.78 Å². The molecule has 0 unspecified atom stereocenters. The van der Waals surface area contributed by atoms with Crippen molar-refractivity contribution in [2.24, 2.45) is 7.05 Å². The standard InChI is InChI=1S/C21H20FN5O3/c1-5-10-25-12(2)13(3)27-17-18(23-20(25)27)24(4)21(30)26(19(17)29)11-16(28)14-6-8-15(22)9-7-14/h5-9H,1,10-11H2,2-4H3. The maximum atomic E-state index is 13.3. The molecular weight excluding hydrogens is 389 g/mol. The Kier molecular flexibility index (Phi) is 4.53. The first-order chi connectivity index (χ1) is 14.3. The summed E-state index contributed by atoms with van der Waals surface area (Å²) in [6.07, 6.45) is 1.73. The molecule has 0 saturated carbocycles. The van der Waals surface area contributed by atoms with Gasteiger partial charge in [0, 0.05) is 30.5 Å².